The van der Waals surface area contributed by atoms with Crippen LogP contribution >= 0.6 is 0 Å². The fourth-order valence-electron chi connectivity index (χ4n) is 6.53. The second kappa shape index (κ2) is 10.9. The van der Waals surface area contributed by atoms with Crippen LogP contribution in [-0.2, 0) is 4.74 Å². The van der Waals surface area contributed by atoms with Crippen molar-refractivity contribution in [2.75, 3.05) is 51.3 Å². The summed E-state index contributed by atoms with van der Waals surface area (Å²) in [4.78, 5) is 18.9. The van der Waals surface area contributed by atoms with Crippen molar-refractivity contribution in [3.8, 4) is 17.3 Å². The summed E-state index contributed by atoms with van der Waals surface area (Å²) in [6, 6.07) is 15.0. The first kappa shape index (κ1) is 25.6. The van der Waals surface area contributed by atoms with Gasteiger partial charge in [-0.25, -0.2) is 4.39 Å². The van der Waals surface area contributed by atoms with Crippen LogP contribution in [0.2, 0.25) is 0 Å². The minimum atomic E-state index is -0.435. The third-order valence-electron chi connectivity index (χ3n) is 8.62. The van der Waals surface area contributed by atoms with Crippen LogP contribution in [-0.4, -0.2) is 84.5 Å². The van der Waals surface area contributed by atoms with Gasteiger partial charge in [0.15, 0.2) is 5.82 Å². The molecule has 40 heavy (non-hydrogen) atoms. The zero-order valence-electron chi connectivity index (χ0n) is 22.9. The van der Waals surface area contributed by atoms with E-state index >= 15 is 4.39 Å². The van der Waals surface area contributed by atoms with E-state index in [0.717, 1.165) is 81.3 Å². The van der Waals surface area contributed by atoms with E-state index in [-0.39, 0.29) is 17.6 Å². The van der Waals surface area contributed by atoms with Crippen molar-refractivity contribution in [1.82, 2.24) is 25.2 Å². The highest BCUT2D eigenvalue weighted by Crippen LogP contribution is 2.36. The van der Waals surface area contributed by atoms with Crippen LogP contribution in [0.4, 0.5) is 10.2 Å². The highest BCUT2D eigenvalue weighted by atomic mass is 19.1. The third-order valence-corrected chi connectivity index (χ3v) is 8.62. The Labute approximate surface area is 233 Å². The van der Waals surface area contributed by atoms with Gasteiger partial charge in [-0.05, 0) is 36.5 Å². The third kappa shape index (κ3) is 4.87. The molecule has 0 spiro atoms. The molecule has 9 heteroatoms. The number of piperazine rings is 1. The van der Waals surface area contributed by atoms with Gasteiger partial charge in [0.1, 0.15) is 23.1 Å². The molecule has 0 aliphatic carbocycles. The second-order valence-electron chi connectivity index (χ2n) is 11.2. The average molecular weight is 543 g/mol. The lowest BCUT2D eigenvalue weighted by atomic mass is 10.0. The van der Waals surface area contributed by atoms with E-state index in [1.807, 2.05) is 42.5 Å². The molecule has 0 unspecified atom stereocenters. The number of benzene rings is 2. The number of methoxy groups -OCH3 is 1. The van der Waals surface area contributed by atoms with Crippen molar-refractivity contribution in [3.63, 3.8) is 0 Å². The molecule has 208 valence electrons. The number of nitrogens with one attached hydrogen (secondary N) is 1. The van der Waals surface area contributed by atoms with E-state index in [2.05, 4.69) is 25.1 Å². The van der Waals surface area contributed by atoms with Crippen molar-refractivity contribution >= 4 is 27.5 Å². The Kier molecular flexibility index (Phi) is 6.95. The number of rotatable bonds is 7. The van der Waals surface area contributed by atoms with E-state index in [4.69, 9.17) is 14.5 Å². The first-order valence-electron chi connectivity index (χ1n) is 14.4. The Morgan fingerprint density at radius 2 is 1.73 bits per heavy atom. The van der Waals surface area contributed by atoms with Crippen LogP contribution < -0.4 is 15.0 Å². The number of aromatic nitrogens is 3. The van der Waals surface area contributed by atoms with Crippen LogP contribution in [0.5, 0.6) is 6.01 Å². The Bertz CT molecular complexity index is 1510. The fraction of sp³-hybridized carbons (Fsp3) is 0.452. The molecule has 2 aromatic carbocycles. The van der Waals surface area contributed by atoms with E-state index in [0.29, 0.717) is 29.0 Å². The first-order valence-corrected chi connectivity index (χ1v) is 14.4. The van der Waals surface area contributed by atoms with E-state index in [1.54, 1.807) is 13.3 Å². The van der Waals surface area contributed by atoms with Crippen molar-refractivity contribution in [2.24, 2.45) is 0 Å². The number of anilines is 1. The Morgan fingerprint density at radius 1 is 0.950 bits per heavy atom. The molecule has 7 rings (SSSR count). The van der Waals surface area contributed by atoms with Gasteiger partial charge < -0.3 is 24.6 Å². The van der Waals surface area contributed by atoms with E-state index in [1.165, 1.54) is 0 Å². The highest BCUT2D eigenvalue weighted by molar-refractivity contribution is 5.99. The maximum atomic E-state index is 16.5. The van der Waals surface area contributed by atoms with E-state index < -0.39 is 5.82 Å². The maximum absolute atomic E-state index is 16.5. The molecule has 3 saturated heterocycles. The predicted molar refractivity (Wildman–Crippen MR) is 154 cm³/mol. The number of piperidine rings is 1. The van der Waals surface area contributed by atoms with Gasteiger partial charge in [0.2, 0.25) is 0 Å². The van der Waals surface area contributed by atoms with Crippen LogP contribution in [0.1, 0.15) is 25.7 Å². The largest absolute Gasteiger partial charge is 0.460 e. The van der Waals surface area contributed by atoms with Crippen molar-refractivity contribution in [3.05, 3.63) is 54.5 Å². The van der Waals surface area contributed by atoms with Crippen LogP contribution in [0.15, 0.2) is 48.7 Å². The number of nitrogens with zero attached hydrogens (tertiary/aromatic N) is 5. The summed E-state index contributed by atoms with van der Waals surface area (Å²) < 4.78 is 28.1. The second-order valence-corrected chi connectivity index (χ2v) is 11.2. The molecule has 5 heterocycles. The summed E-state index contributed by atoms with van der Waals surface area (Å²) in [7, 11) is 1.73. The van der Waals surface area contributed by atoms with Gasteiger partial charge in [-0.2, -0.15) is 9.97 Å². The Hall–Kier alpha value is -3.40. The smallest absolute Gasteiger partial charge is 0.319 e. The molecule has 0 saturated carbocycles. The predicted octanol–water partition coefficient (Wildman–Crippen LogP) is 4.41. The summed E-state index contributed by atoms with van der Waals surface area (Å²) >= 11 is 0. The summed E-state index contributed by atoms with van der Waals surface area (Å²) in [6.07, 6.45) is 5.77. The van der Waals surface area contributed by atoms with Crippen LogP contribution in [0, 0.1) is 5.82 Å². The number of hydrogen-bond acceptors (Lipinski definition) is 8. The highest BCUT2D eigenvalue weighted by Gasteiger charge is 2.34. The van der Waals surface area contributed by atoms with Crippen molar-refractivity contribution < 1.29 is 13.9 Å². The number of halogens is 1. The number of hydrogen-bond donors (Lipinski definition) is 1. The molecule has 4 aromatic rings. The molecule has 0 radical (unpaired) electrons. The number of ether oxygens (including phenoxy) is 2. The summed E-state index contributed by atoms with van der Waals surface area (Å²) in [5.41, 5.74) is 1.32. The minimum absolute atomic E-state index is 0.00858. The lowest BCUT2D eigenvalue weighted by Gasteiger charge is -2.34. The molecule has 3 aliphatic heterocycles. The monoisotopic (exact) mass is 542 g/mol. The molecular weight excluding hydrogens is 507 g/mol. The molecule has 2 atom stereocenters. The quantitative estimate of drug-likeness (QED) is 0.368. The number of fused-ring (bicyclic) bond motifs is 4. The standard InChI is InChI=1S/C31H35FN6O2/c1-39-16-15-37-13-11-23(12-14-37)40-31-35-29-26(30(36-31)38-18-21-9-10-22(19-38)34-21)17-33-28(27(29)32)25-8-4-6-20-5-2-3-7-24(20)25/h2-8,17,21-23,34H,9-16,18-19H2,1H3/t21-,22+. The first-order chi connectivity index (χ1) is 19.7. The summed E-state index contributed by atoms with van der Waals surface area (Å²) in [6.45, 7) is 5.15. The average Bonchev–Trinajstić information content (AvgIpc) is 3.33. The van der Waals surface area contributed by atoms with Gasteiger partial charge in [-0.15, -0.1) is 0 Å². The van der Waals surface area contributed by atoms with Gasteiger partial charge in [0, 0.05) is 63.7 Å². The molecule has 2 aromatic heterocycles. The summed E-state index contributed by atoms with van der Waals surface area (Å²) in [5, 5.41) is 6.31. The molecular formula is C31H35FN6O2. The Morgan fingerprint density at radius 3 is 2.52 bits per heavy atom. The maximum Gasteiger partial charge on any atom is 0.319 e. The van der Waals surface area contributed by atoms with Crippen molar-refractivity contribution in [1.29, 1.82) is 0 Å². The van der Waals surface area contributed by atoms with Gasteiger partial charge in [0.25, 0.3) is 0 Å². The normalized spacial score (nSPS) is 21.9. The lowest BCUT2D eigenvalue weighted by molar-refractivity contribution is 0.0748. The van der Waals surface area contributed by atoms with Gasteiger partial charge in [-0.3, -0.25) is 4.98 Å². The van der Waals surface area contributed by atoms with Crippen LogP contribution in [0.3, 0.4) is 0 Å². The molecule has 0 amide bonds. The minimum Gasteiger partial charge on any atom is -0.460 e. The zero-order valence-corrected chi connectivity index (χ0v) is 22.9. The molecule has 3 aliphatic rings. The fourth-order valence-corrected chi connectivity index (χ4v) is 6.53. The molecule has 8 nitrogen and oxygen atoms in total. The number of likely N-dealkylation sites (tertiary alicyclic amines) is 1. The van der Waals surface area contributed by atoms with Gasteiger partial charge in [-0.1, -0.05) is 42.5 Å². The number of pyridine rings is 1. The van der Waals surface area contributed by atoms with Crippen LogP contribution in [0.25, 0.3) is 32.9 Å². The lowest BCUT2D eigenvalue weighted by Crippen LogP contribution is -2.51. The Balaban J connectivity index is 1.27. The van der Waals surface area contributed by atoms with E-state index in [9.17, 15) is 0 Å². The zero-order chi connectivity index (χ0) is 27.1. The van der Waals surface area contributed by atoms with Gasteiger partial charge in [0.05, 0.1) is 12.0 Å². The van der Waals surface area contributed by atoms with Crippen molar-refractivity contribution in [2.45, 2.75) is 43.9 Å². The molecule has 2 bridgehead atoms. The molecule has 3 fully saturated rings. The topological polar surface area (TPSA) is 75.6 Å². The summed E-state index contributed by atoms with van der Waals surface area (Å²) in [5.74, 6) is 0.279. The van der Waals surface area contributed by atoms with Gasteiger partial charge >= 0.3 is 6.01 Å². The SMILES string of the molecule is COCCN1CCC(Oc2nc(N3C[C@H]4CC[C@@H](C3)N4)c3cnc(-c4cccc5ccccc45)c(F)c3n2)CC1. The molecule has 1 N–H and O–H groups in total.